The van der Waals surface area contributed by atoms with Gasteiger partial charge in [0.1, 0.15) is 0 Å². The predicted octanol–water partition coefficient (Wildman–Crippen LogP) is 3.28. The summed E-state index contributed by atoms with van der Waals surface area (Å²) < 4.78 is 0. The predicted molar refractivity (Wildman–Crippen MR) is 90.0 cm³/mol. The van der Waals surface area contributed by atoms with Gasteiger partial charge in [-0.2, -0.15) is 0 Å². The maximum absolute atomic E-state index is 6.50. The zero-order chi connectivity index (χ0) is 15.0. The summed E-state index contributed by atoms with van der Waals surface area (Å²) in [6.07, 6.45) is 3.91. The zero-order valence-corrected chi connectivity index (χ0v) is 13.8. The molecule has 2 saturated heterocycles. The van der Waals surface area contributed by atoms with Crippen LogP contribution in [-0.4, -0.2) is 37.6 Å². The molecule has 2 heterocycles. The van der Waals surface area contributed by atoms with E-state index in [1.54, 1.807) is 0 Å². The second-order valence-electron chi connectivity index (χ2n) is 6.68. The molecule has 0 aliphatic carbocycles. The summed E-state index contributed by atoms with van der Waals surface area (Å²) in [7, 11) is 2.27. The minimum absolute atomic E-state index is 0.0364. The van der Waals surface area contributed by atoms with Crippen molar-refractivity contribution in [3.05, 3.63) is 28.8 Å². The van der Waals surface area contributed by atoms with Crippen LogP contribution in [0.15, 0.2) is 18.2 Å². The second kappa shape index (κ2) is 6.15. The first-order valence-corrected chi connectivity index (χ1v) is 8.44. The van der Waals surface area contributed by atoms with E-state index < -0.39 is 0 Å². The molecule has 2 aliphatic heterocycles. The fourth-order valence-electron chi connectivity index (χ4n) is 3.93. The van der Waals surface area contributed by atoms with Crippen LogP contribution >= 0.6 is 11.6 Å². The summed E-state index contributed by atoms with van der Waals surface area (Å²) in [4.78, 5) is 5.01. The van der Waals surface area contributed by atoms with Crippen LogP contribution in [0.25, 0.3) is 0 Å². The van der Waals surface area contributed by atoms with Gasteiger partial charge in [0.25, 0.3) is 0 Å². The van der Waals surface area contributed by atoms with E-state index in [9.17, 15) is 0 Å². The quantitative estimate of drug-likeness (QED) is 0.910. The summed E-state index contributed by atoms with van der Waals surface area (Å²) in [6, 6.07) is 7.09. The van der Waals surface area contributed by atoms with Gasteiger partial charge in [-0.05, 0) is 63.4 Å². The van der Waals surface area contributed by atoms with Crippen molar-refractivity contribution in [2.45, 2.75) is 38.3 Å². The average molecular weight is 308 g/mol. The monoisotopic (exact) mass is 307 g/mol. The lowest BCUT2D eigenvalue weighted by atomic mass is 9.84. The molecule has 3 atom stereocenters. The third kappa shape index (κ3) is 3.05. The Morgan fingerprint density at radius 1 is 1.29 bits per heavy atom. The van der Waals surface area contributed by atoms with Gasteiger partial charge in [0.15, 0.2) is 0 Å². The Balaban J connectivity index is 1.76. The summed E-state index contributed by atoms with van der Waals surface area (Å²) >= 11 is 6.50. The molecule has 4 heteroatoms. The van der Waals surface area contributed by atoms with Gasteiger partial charge < -0.3 is 15.5 Å². The Labute approximate surface area is 133 Å². The normalized spacial score (nSPS) is 28.3. The topological polar surface area (TPSA) is 32.5 Å². The van der Waals surface area contributed by atoms with Gasteiger partial charge >= 0.3 is 0 Å². The number of nitrogens with zero attached hydrogens (tertiary/aromatic N) is 2. The number of likely N-dealkylation sites (tertiary alicyclic amines) is 1. The first-order valence-electron chi connectivity index (χ1n) is 8.06. The van der Waals surface area contributed by atoms with Crippen molar-refractivity contribution in [3.63, 3.8) is 0 Å². The summed E-state index contributed by atoms with van der Waals surface area (Å²) in [5.74, 6) is 0.779. The van der Waals surface area contributed by atoms with Crippen molar-refractivity contribution in [2.24, 2.45) is 11.7 Å². The van der Waals surface area contributed by atoms with E-state index in [1.165, 1.54) is 31.5 Å². The molecule has 1 aromatic carbocycles. The number of benzene rings is 1. The minimum Gasteiger partial charge on any atom is -0.370 e. The zero-order valence-electron chi connectivity index (χ0n) is 13.1. The number of piperidine rings is 2. The average Bonchev–Trinajstić information content (AvgIpc) is 2.47. The second-order valence-corrected chi connectivity index (χ2v) is 7.09. The van der Waals surface area contributed by atoms with E-state index in [4.69, 9.17) is 17.3 Å². The largest absolute Gasteiger partial charge is 0.370 e. The highest BCUT2D eigenvalue weighted by Gasteiger charge is 2.34. The third-order valence-corrected chi connectivity index (χ3v) is 5.49. The van der Waals surface area contributed by atoms with Crippen molar-refractivity contribution in [1.82, 2.24) is 4.90 Å². The molecular weight excluding hydrogens is 282 g/mol. The number of halogens is 1. The number of rotatable bonds is 2. The lowest BCUT2D eigenvalue weighted by molar-refractivity contribution is 0.102. The molecule has 3 nitrogen and oxygen atoms in total. The van der Waals surface area contributed by atoms with Gasteiger partial charge in [0.05, 0.1) is 10.7 Å². The molecule has 2 N–H and O–H groups in total. The van der Waals surface area contributed by atoms with Crippen LogP contribution in [0.4, 0.5) is 5.69 Å². The number of hydrogen-bond donors (Lipinski definition) is 1. The van der Waals surface area contributed by atoms with E-state index in [1.807, 2.05) is 13.0 Å². The molecule has 3 rings (SSSR count). The van der Waals surface area contributed by atoms with Gasteiger partial charge in [-0.1, -0.05) is 17.7 Å². The lowest BCUT2D eigenvalue weighted by Crippen LogP contribution is -2.52. The van der Waals surface area contributed by atoms with Crippen LogP contribution in [0.3, 0.4) is 0 Å². The SMILES string of the molecule is C[C@H](N)c1ccc(N2CCC3C(CCCN3C)C2)c(Cl)c1. The molecule has 0 amide bonds. The number of nitrogens with two attached hydrogens (primary N) is 1. The summed E-state index contributed by atoms with van der Waals surface area (Å²) in [5, 5.41) is 0.840. The molecule has 1 aromatic rings. The highest BCUT2D eigenvalue weighted by atomic mass is 35.5. The Kier molecular flexibility index (Phi) is 4.43. The van der Waals surface area contributed by atoms with Crippen LogP contribution in [0.2, 0.25) is 5.02 Å². The maximum Gasteiger partial charge on any atom is 0.0642 e. The Bertz CT molecular complexity index is 503. The van der Waals surface area contributed by atoms with Gasteiger partial charge in [0.2, 0.25) is 0 Å². The van der Waals surface area contributed by atoms with Crippen molar-refractivity contribution in [1.29, 1.82) is 0 Å². The van der Waals surface area contributed by atoms with E-state index in [0.717, 1.165) is 35.6 Å². The van der Waals surface area contributed by atoms with Gasteiger partial charge in [0, 0.05) is 25.2 Å². The summed E-state index contributed by atoms with van der Waals surface area (Å²) in [5.41, 5.74) is 8.22. The Hall–Kier alpha value is -0.770. The van der Waals surface area contributed by atoms with Crippen molar-refractivity contribution in [3.8, 4) is 0 Å². The molecule has 2 fully saturated rings. The number of fused-ring (bicyclic) bond motifs is 1. The van der Waals surface area contributed by atoms with Crippen LogP contribution in [0, 0.1) is 5.92 Å². The molecule has 2 unspecified atom stereocenters. The maximum atomic E-state index is 6.50. The molecule has 0 aromatic heterocycles. The van der Waals surface area contributed by atoms with E-state index >= 15 is 0 Å². The third-order valence-electron chi connectivity index (χ3n) is 5.18. The molecule has 2 aliphatic rings. The van der Waals surface area contributed by atoms with Crippen LogP contribution in [0.1, 0.15) is 37.8 Å². The molecule has 0 spiro atoms. The van der Waals surface area contributed by atoms with E-state index in [2.05, 4.69) is 29.0 Å². The number of anilines is 1. The number of hydrogen-bond acceptors (Lipinski definition) is 3. The highest BCUT2D eigenvalue weighted by Crippen LogP contribution is 2.35. The Morgan fingerprint density at radius 3 is 2.81 bits per heavy atom. The molecule has 116 valence electrons. The highest BCUT2D eigenvalue weighted by molar-refractivity contribution is 6.33. The molecule has 0 saturated carbocycles. The van der Waals surface area contributed by atoms with E-state index in [-0.39, 0.29) is 6.04 Å². The van der Waals surface area contributed by atoms with Crippen molar-refractivity contribution in [2.75, 3.05) is 31.6 Å². The van der Waals surface area contributed by atoms with Crippen molar-refractivity contribution < 1.29 is 0 Å². The molecule has 0 bridgehead atoms. The van der Waals surface area contributed by atoms with Crippen LogP contribution in [-0.2, 0) is 0 Å². The fraction of sp³-hybridized carbons (Fsp3) is 0.647. The molecule has 0 radical (unpaired) electrons. The fourth-order valence-corrected chi connectivity index (χ4v) is 4.24. The summed E-state index contributed by atoms with van der Waals surface area (Å²) in [6.45, 7) is 5.48. The Morgan fingerprint density at radius 2 is 2.10 bits per heavy atom. The molecule has 21 heavy (non-hydrogen) atoms. The van der Waals surface area contributed by atoms with Gasteiger partial charge in [-0.25, -0.2) is 0 Å². The lowest BCUT2D eigenvalue weighted by Gasteiger charge is -2.46. The standard InChI is InChI=1S/C17H26ClN3/c1-12(19)13-5-6-17(15(18)10-13)21-9-7-16-14(11-21)4-3-8-20(16)2/h5-6,10,12,14,16H,3-4,7-9,11,19H2,1-2H3/t12-,14?,16?/m0/s1. The molecular formula is C17H26ClN3. The first-order chi connectivity index (χ1) is 10.1. The smallest absolute Gasteiger partial charge is 0.0642 e. The van der Waals surface area contributed by atoms with Gasteiger partial charge in [-0.3, -0.25) is 0 Å². The van der Waals surface area contributed by atoms with E-state index in [0.29, 0.717) is 0 Å². The van der Waals surface area contributed by atoms with Crippen molar-refractivity contribution >= 4 is 17.3 Å². The van der Waals surface area contributed by atoms with Gasteiger partial charge in [-0.15, -0.1) is 0 Å². The van der Waals surface area contributed by atoms with Crippen LogP contribution < -0.4 is 10.6 Å². The minimum atomic E-state index is 0.0364. The first kappa shape index (κ1) is 15.1. The van der Waals surface area contributed by atoms with Crippen LogP contribution in [0.5, 0.6) is 0 Å².